The Hall–Kier alpha value is -0.0800. The molecule has 1 N–H and O–H groups in total. The smallest absolute Gasteiger partial charge is 0.0192 e. The second-order valence-electron chi connectivity index (χ2n) is 5.97. The molecule has 1 aliphatic carbocycles. The third-order valence-corrected chi connectivity index (χ3v) is 4.41. The summed E-state index contributed by atoms with van der Waals surface area (Å²) in [5, 5.41) is 3.77. The van der Waals surface area contributed by atoms with Gasteiger partial charge in [0.2, 0.25) is 0 Å². The monoisotopic (exact) mass is 224 g/mol. The van der Waals surface area contributed by atoms with Crippen LogP contribution in [0.4, 0.5) is 0 Å². The number of hydrogen-bond acceptors (Lipinski definition) is 2. The molecule has 1 aliphatic heterocycles. The van der Waals surface area contributed by atoms with Crippen molar-refractivity contribution in [1.82, 2.24) is 10.2 Å². The van der Waals surface area contributed by atoms with Crippen molar-refractivity contribution in [2.45, 2.75) is 64.5 Å². The fourth-order valence-corrected chi connectivity index (χ4v) is 3.22. The molecule has 0 amide bonds. The van der Waals surface area contributed by atoms with E-state index in [4.69, 9.17) is 0 Å². The normalized spacial score (nSPS) is 34.1. The molecule has 3 unspecified atom stereocenters. The van der Waals surface area contributed by atoms with Crippen molar-refractivity contribution in [1.29, 1.82) is 0 Å². The molecule has 0 aromatic heterocycles. The molecule has 1 saturated heterocycles. The summed E-state index contributed by atoms with van der Waals surface area (Å²) in [7, 11) is 0. The Labute approximate surface area is 101 Å². The molecule has 0 bridgehead atoms. The lowest BCUT2D eigenvalue weighted by atomic mass is 10.1. The largest absolute Gasteiger partial charge is 0.312 e. The highest BCUT2D eigenvalue weighted by molar-refractivity contribution is 4.81. The zero-order chi connectivity index (χ0) is 11.4. The van der Waals surface area contributed by atoms with E-state index in [9.17, 15) is 0 Å². The Balaban J connectivity index is 1.64. The molecule has 1 heterocycles. The lowest BCUT2D eigenvalue weighted by Crippen LogP contribution is -2.45. The summed E-state index contributed by atoms with van der Waals surface area (Å²) in [6, 6.07) is 1.54. The number of rotatable bonds is 4. The number of hydrogen-bond donors (Lipinski definition) is 1. The molecule has 0 aromatic carbocycles. The van der Waals surface area contributed by atoms with Gasteiger partial charge in [0.1, 0.15) is 0 Å². The number of piperidine rings is 1. The summed E-state index contributed by atoms with van der Waals surface area (Å²) < 4.78 is 0. The summed E-state index contributed by atoms with van der Waals surface area (Å²) in [6.07, 6.45) is 8.47. The van der Waals surface area contributed by atoms with Crippen molar-refractivity contribution < 1.29 is 0 Å². The molecule has 2 aliphatic rings. The van der Waals surface area contributed by atoms with E-state index >= 15 is 0 Å². The summed E-state index contributed by atoms with van der Waals surface area (Å²) in [5.41, 5.74) is 0. The van der Waals surface area contributed by atoms with Crippen molar-refractivity contribution in [2.24, 2.45) is 5.92 Å². The van der Waals surface area contributed by atoms with Gasteiger partial charge in [0.15, 0.2) is 0 Å². The molecule has 0 aromatic rings. The van der Waals surface area contributed by atoms with Gasteiger partial charge in [-0.25, -0.2) is 0 Å². The van der Waals surface area contributed by atoms with Crippen LogP contribution in [-0.2, 0) is 0 Å². The Morgan fingerprint density at radius 2 is 1.94 bits per heavy atom. The average Bonchev–Trinajstić information content (AvgIpc) is 2.73. The summed E-state index contributed by atoms with van der Waals surface area (Å²) in [4.78, 5) is 2.66. The van der Waals surface area contributed by atoms with Crippen LogP contribution in [0.5, 0.6) is 0 Å². The van der Waals surface area contributed by atoms with Crippen LogP contribution in [0.1, 0.15) is 52.4 Å². The van der Waals surface area contributed by atoms with Gasteiger partial charge >= 0.3 is 0 Å². The van der Waals surface area contributed by atoms with Crippen molar-refractivity contribution in [3.8, 4) is 0 Å². The Morgan fingerprint density at radius 3 is 2.56 bits per heavy atom. The first-order valence-electron chi connectivity index (χ1n) is 7.23. The van der Waals surface area contributed by atoms with E-state index in [0.717, 1.165) is 18.0 Å². The SMILES string of the molecule is CC1CCC(NCC(C)N2CCCCC2)C1. The second-order valence-corrected chi connectivity index (χ2v) is 5.97. The molecule has 2 fully saturated rings. The number of likely N-dealkylation sites (tertiary alicyclic amines) is 1. The summed E-state index contributed by atoms with van der Waals surface area (Å²) in [5.74, 6) is 0.947. The average molecular weight is 224 g/mol. The van der Waals surface area contributed by atoms with Gasteiger partial charge < -0.3 is 5.32 Å². The quantitative estimate of drug-likeness (QED) is 0.790. The second kappa shape index (κ2) is 6.02. The minimum atomic E-state index is 0.733. The van der Waals surface area contributed by atoms with Gasteiger partial charge in [-0.2, -0.15) is 0 Å². The van der Waals surface area contributed by atoms with Gasteiger partial charge in [-0.1, -0.05) is 13.3 Å². The van der Waals surface area contributed by atoms with Crippen molar-refractivity contribution in [2.75, 3.05) is 19.6 Å². The van der Waals surface area contributed by atoms with Crippen LogP contribution in [0.2, 0.25) is 0 Å². The molecule has 1 saturated carbocycles. The van der Waals surface area contributed by atoms with Crippen LogP contribution in [0.3, 0.4) is 0 Å². The molecule has 0 spiro atoms. The van der Waals surface area contributed by atoms with E-state index in [0.29, 0.717) is 0 Å². The lowest BCUT2D eigenvalue weighted by molar-refractivity contribution is 0.168. The van der Waals surface area contributed by atoms with Crippen LogP contribution in [-0.4, -0.2) is 36.6 Å². The van der Waals surface area contributed by atoms with E-state index in [2.05, 4.69) is 24.1 Å². The van der Waals surface area contributed by atoms with Crippen LogP contribution in [0.15, 0.2) is 0 Å². The van der Waals surface area contributed by atoms with Gasteiger partial charge in [0.05, 0.1) is 0 Å². The fraction of sp³-hybridized carbons (Fsp3) is 1.00. The van der Waals surface area contributed by atoms with Crippen LogP contribution in [0, 0.1) is 5.92 Å². The maximum Gasteiger partial charge on any atom is 0.0192 e. The highest BCUT2D eigenvalue weighted by atomic mass is 15.2. The van der Waals surface area contributed by atoms with E-state index in [-0.39, 0.29) is 0 Å². The van der Waals surface area contributed by atoms with Gasteiger partial charge in [-0.05, 0) is 58.0 Å². The number of nitrogens with one attached hydrogen (secondary N) is 1. The first-order chi connectivity index (χ1) is 7.75. The standard InChI is InChI=1S/C14H28N2/c1-12-6-7-14(10-12)15-11-13(2)16-8-4-3-5-9-16/h12-15H,3-11H2,1-2H3. The molecule has 16 heavy (non-hydrogen) atoms. The molecule has 3 atom stereocenters. The molecule has 94 valence electrons. The van der Waals surface area contributed by atoms with E-state index < -0.39 is 0 Å². The Morgan fingerprint density at radius 1 is 1.19 bits per heavy atom. The minimum absolute atomic E-state index is 0.733. The molecular formula is C14H28N2. The first kappa shape index (κ1) is 12.4. The number of nitrogens with zero attached hydrogens (tertiary/aromatic N) is 1. The maximum absolute atomic E-state index is 3.77. The van der Waals surface area contributed by atoms with E-state index in [1.54, 1.807) is 0 Å². The predicted molar refractivity (Wildman–Crippen MR) is 69.7 cm³/mol. The zero-order valence-corrected chi connectivity index (χ0v) is 11.0. The molecule has 2 heteroatoms. The van der Waals surface area contributed by atoms with Gasteiger partial charge in [-0.15, -0.1) is 0 Å². The molecule has 2 nitrogen and oxygen atoms in total. The molecule has 2 rings (SSSR count). The Bertz CT molecular complexity index is 199. The Kier molecular flexibility index (Phi) is 4.66. The molecule has 0 radical (unpaired) electrons. The summed E-state index contributed by atoms with van der Waals surface area (Å²) >= 11 is 0. The van der Waals surface area contributed by atoms with Gasteiger partial charge in [0.25, 0.3) is 0 Å². The van der Waals surface area contributed by atoms with Gasteiger partial charge in [-0.3, -0.25) is 4.90 Å². The first-order valence-corrected chi connectivity index (χ1v) is 7.23. The van der Waals surface area contributed by atoms with Crippen molar-refractivity contribution in [3.05, 3.63) is 0 Å². The van der Waals surface area contributed by atoms with Gasteiger partial charge in [0, 0.05) is 18.6 Å². The fourth-order valence-electron chi connectivity index (χ4n) is 3.22. The zero-order valence-electron chi connectivity index (χ0n) is 11.0. The van der Waals surface area contributed by atoms with Crippen LogP contribution in [0.25, 0.3) is 0 Å². The molecular weight excluding hydrogens is 196 g/mol. The highest BCUT2D eigenvalue weighted by Gasteiger charge is 2.22. The van der Waals surface area contributed by atoms with E-state index in [1.165, 1.54) is 58.2 Å². The topological polar surface area (TPSA) is 15.3 Å². The maximum atomic E-state index is 3.77. The highest BCUT2D eigenvalue weighted by Crippen LogP contribution is 2.24. The third-order valence-electron chi connectivity index (χ3n) is 4.41. The lowest BCUT2D eigenvalue weighted by Gasteiger charge is -2.33. The van der Waals surface area contributed by atoms with Crippen molar-refractivity contribution >= 4 is 0 Å². The summed E-state index contributed by atoms with van der Waals surface area (Å²) in [6.45, 7) is 8.61. The minimum Gasteiger partial charge on any atom is -0.312 e. The van der Waals surface area contributed by atoms with Crippen molar-refractivity contribution in [3.63, 3.8) is 0 Å². The van der Waals surface area contributed by atoms with Crippen LogP contribution < -0.4 is 5.32 Å². The predicted octanol–water partition coefficient (Wildman–Crippen LogP) is 2.64. The third kappa shape index (κ3) is 3.46. The van der Waals surface area contributed by atoms with Crippen LogP contribution >= 0.6 is 0 Å². The van der Waals surface area contributed by atoms with E-state index in [1.807, 2.05) is 0 Å².